The molecule has 0 unspecified atom stereocenters. The maximum Gasteiger partial charge on any atom is 0.338 e. The number of benzene rings is 1. The third-order valence-corrected chi connectivity index (χ3v) is 4.23. The summed E-state index contributed by atoms with van der Waals surface area (Å²) in [5.74, 6) is -1.08. The van der Waals surface area contributed by atoms with Crippen molar-refractivity contribution in [2.24, 2.45) is 0 Å². The van der Waals surface area contributed by atoms with E-state index in [4.69, 9.17) is 16.3 Å². The lowest BCUT2D eigenvalue weighted by Gasteiger charge is -2.32. The number of nitrogens with zero attached hydrogens (tertiary/aromatic N) is 1. The fraction of sp³-hybridized carbons (Fsp3) is 0.471. The summed E-state index contributed by atoms with van der Waals surface area (Å²) in [5.41, 5.74) is -0.559. The van der Waals surface area contributed by atoms with Crippen molar-refractivity contribution < 1.29 is 14.3 Å². The van der Waals surface area contributed by atoms with Crippen LogP contribution in [0.4, 0.5) is 0 Å². The van der Waals surface area contributed by atoms with Gasteiger partial charge in [-0.15, -0.1) is 0 Å². The molecule has 1 fully saturated rings. The molecule has 0 bridgehead atoms. The fourth-order valence-electron chi connectivity index (χ4n) is 2.66. The second kappa shape index (κ2) is 7.47. The molecule has 1 aromatic carbocycles. The van der Waals surface area contributed by atoms with E-state index in [-0.39, 0.29) is 5.56 Å². The molecule has 1 aliphatic rings. The Kier molecular flexibility index (Phi) is 5.62. The first-order valence-corrected chi connectivity index (χ1v) is 8.03. The summed E-state index contributed by atoms with van der Waals surface area (Å²) in [5, 5.41) is 12.5. The van der Waals surface area contributed by atoms with Gasteiger partial charge in [-0.3, -0.25) is 4.79 Å². The highest BCUT2D eigenvalue weighted by molar-refractivity contribution is 6.30. The van der Waals surface area contributed by atoms with E-state index in [1.54, 1.807) is 18.2 Å². The molecule has 2 rings (SSSR count). The van der Waals surface area contributed by atoms with Gasteiger partial charge in [0.1, 0.15) is 5.54 Å². The molecule has 0 heterocycles. The van der Waals surface area contributed by atoms with Crippen LogP contribution in [0.5, 0.6) is 0 Å². The van der Waals surface area contributed by atoms with E-state index in [2.05, 4.69) is 11.4 Å². The summed E-state index contributed by atoms with van der Waals surface area (Å²) in [6, 6.07) is 8.53. The van der Waals surface area contributed by atoms with Crippen LogP contribution in [0.1, 0.15) is 49.4 Å². The van der Waals surface area contributed by atoms with Crippen LogP contribution in [0.2, 0.25) is 5.02 Å². The van der Waals surface area contributed by atoms with Gasteiger partial charge in [-0.05, 0) is 38.0 Å². The zero-order valence-corrected chi connectivity index (χ0v) is 13.7. The molecule has 0 saturated heterocycles. The Labute approximate surface area is 140 Å². The minimum Gasteiger partial charge on any atom is -0.449 e. The van der Waals surface area contributed by atoms with Crippen molar-refractivity contribution in [1.29, 1.82) is 5.26 Å². The number of halogens is 1. The van der Waals surface area contributed by atoms with Gasteiger partial charge >= 0.3 is 5.97 Å². The summed E-state index contributed by atoms with van der Waals surface area (Å²) in [7, 11) is 0. The van der Waals surface area contributed by atoms with Gasteiger partial charge < -0.3 is 10.1 Å². The lowest BCUT2D eigenvalue weighted by molar-refractivity contribution is -0.130. The molecule has 6 heteroatoms. The quantitative estimate of drug-likeness (QED) is 0.857. The molecule has 1 saturated carbocycles. The van der Waals surface area contributed by atoms with E-state index in [0.717, 1.165) is 19.3 Å². The number of esters is 1. The molecule has 1 atom stereocenters. The molecular formula is C17H19ClN2O3. The van der Waals surface area contributed by atoms with Crippen molar-refractivity contribution in [2.45, 2.75) is 50.7 Å². The van der Waals surface area contributed by atoms with Crippen LogP contribution in [-0.4, -0.2) is 23.5 Å². The Morgan fingerprint density at radius 1 is 1.35 bits per heavy atom. The molecule has 1 aromatic rings. The van der Waals surface area contributed by atoms with Crippen LogP contribution in [0.25, 0.3) is 0 Å². The molecule has 23 heavy (non-hydrogen) atoms. The van der Waals surface area contributed by atoms with Crippen LogP contribution in [-0.2, 0) is 9.53 Å². The number of nitrogens with one attached hydrogen (secondary N) is 1. The number of carbonyl (C=O) groups excluding carboxylic acids is 2. The molecule has 1 N–H and O–H groups in total. The molecule has 5 nitrogen and oxygen atoms in total. The first-order valence-electron chi connectivity index (χ1n) is 7.66. The maximum atomic E-state index is 12.2. The fourth-order valence-corrected chi connectivity index (χ4v) is 2.85. The van der Waals surface area contributed by atoms with Crippen molar-refractivity contribution >= 4 is 23.5 Å². The average Bonchev–Trinajstić information content (AvgIpc) is 2.55. The summed E-state index contributed by atoms with van der Waals surface area (Å²) >= 11 is 5.83. The summed E-state index contributed by atoms with van der Waals surface area (Å²) in [6.07, 6.45) is 3.16. The van der Waals surface area contributed by atoms with Gasteiger partial charge in [0.25, 0.3) is 5.91 Å². The largest absolute Gasteiger partial charge is 0.449 e. The minimum atomic E-state index is -0.978. The molecule has 1 aliphatic carbocycles. The smallest absolute Gasteiger partial charge is 0.338 e. The summed E-state index contributed by atoms with van der Waals surface area (Å²) in [6.45, 7) is 1.49. The second-order valence-electron chi connectivity index (χ2n) is 5.80. The lowest BCUT2D eigenvalue weighted by Crippen LogP contribution is -2.52. The van der Waals surface area contributed by atoms with Crippen LogP contribution in [0.15, 0.2) is 24.3 Å². The SMILES string of the molecule is C[C@H](OC(=O)c1cccc(Cl)c1)C(=O)NC1(C#N)CCCCC1. The van der Waals surface area contributed by atoms with E-state index >= 15 is 0 Å². The zero-order chi connectivity index (χ0) is 16.9. The number of amides is 1. The predicted octanol–water partition coefficient (Wildman–Crippen LogP) is 3.23. The lowest BCUT2D eigenvalue weighted by atomic mass is 9.83. The van der Waals surface area contributed by atoms with Crippen molar-refractivity contribution in [1.82, 2.24) is 5.32 Å². The number of hydrogen-bond donors (Lipinski definition) is 1. The molecule has 0 radical (unpaired) electrons. The number of rotatable bonds is 4. The predicted molar refractivity (Wildman–Crippen MR) is 85.9 cm³/mol. The van der Waals surface area contributed by atoms with Crippen LogP contribution >= 0.6 is 11.6 Å². The summed E-state index contributed by atoms with van der Waals surface area (Å²) < 4.78 is 5.17. The molecule has 0 aliphatic heterocycles. The average molecular weight is 335 g/mol. The Balaban J connectivity index is 1.97. The van der Waals surface area contributed by atoms with Crippen molar-refractivity contribution in [3.63, 3.8) is 0 Å². The zero-order valence-electron chi connectivity index (χ0n) is 13.0. The van der Waals surface area contributed by atoms with E-state index in [1.807, 2.05) is 0 Å². The van der Waals surface area contributed by atoms with Gasteiger partial charge in [0, 0.05) is 5.02 Å². The molecule has 0 spiro atoms. The van der Waals surface area contributed by atoms with Crippen LogP contribution in [0, 0.1) is 11.3 Å². The standard InChI is InChI=1S/C17H19ClN2O3/c1-12(23-16(22)13-6-5-7-14(18)10-13)15(21)20-17(11-19)8-3-2-4-9-17/h5-7,10,12H,2-4,8-9H2,1H3,(H,20,21)/t12-/m0/s1. The van der Waals surface area contributed by atoms with Crippen molar-refractivity contribution in [2.75, 3.05) is 0 Å². The normalized spacial score (nSPS) is 17.6. The van der Waals surface area contributed by atoms with Gasteiger partial charge in [-0.2, -0.15) is 5.26 Å². The minimum absolute atomic E-state index is 0.282. The van der Waals surface area contributed by atoms with Gasteiger partial charge in [0.15, 0.2) is 6.10 Å². The van der Waals surface area contributed by atoms with Gasteiger partial charge in [-0.25, -0.2) is 4.79 Å². The number of ether oxygens (including phenoxy) is 1. The molecular weight excluding hydrogens is 316 g/mol. The van der Waals surface area contributed by atoms with Gasteiger partial charge in [0.2, 0.25) is 0 Å². The number of nitriles is 1. The molecule has 122 valence electrons. The summed E-state index contributed by atoms with van der Waals surface area (Å²) in [4.78, 5) is 24.3. The van der Waals surface area contributed by atoms with Crippen molar-refractivity contribution in [3.05, 3.63) is 34.9 Å². The van der Waals surface area contributed by atoms with Gasteiger partial charge in [-0.1, -0.05) is 36.9 Å². The topological polar surface area (TPSA) is 79.2 Å². The first kappa shape index (κ1) is 17.3. The highest BCUT2D eigenvalue weighted by Crippen LogP contribution is 2.27. The van der Waals surface area contributed by atoms with Crippen LogP contribution in [0.3, 0.4) is 0 Å². The Hall–Kier alpha value is -2.06. The van der Waals surface area contributed by atoms with E-state index < -0.39 is 23.5 Å². The monoisotopic (exact) mass is 334 g/mol. The highest BCUT2D eigenvalue weighted by Gasteiger charge is 2.35. The Morgan fingerprint density at radius 2 is 2.04 bits per heavy atom. The van der Waals surface area contributed by atoms with Crippen molar-refractivity contribution in [3.8, 4) is 6.07 Å². The Bertz CT molecular complexity index is 633. The maximum absolute atomic E-state index is 12.2. The number of hydrogen-bond acceptors (Lipinski definition) is 4. The van der Waals surface area contributed by atoms with E-state index in [9.17, 15) is 14.9 Å². The van der Waals surface area contributed by atoms with Crippen LogP contribution < -0.4 is 5.32 Å². The second-order valence-corrected chi connectivity index (χ2v) is 6.24. The third-order valence-electron chi connectivity index (χ3n) is 4.00. The van der Waals surface area contributed by atoms with E-state index in [0.29, 0.717) is 17.9 Å². The molecule has 1 amide bonds. The Morgan fingerprint density at radius 3 is 2.65 bits per heavy atom. The van der Waals surface area contributed by atoms with E-state index in [1.165, 1.54) is 13.0 Å². The number of carbonyl (C=O) groups is 2. The van der Waals surface area contributed by atoms with Gasteiger partial charge in [0.05, 0.1) is 11.6 Å². The molecule has 0 aromatic heterocycles. The highest BCUT2D eigenvalue weighted by atomic mass is 35.5. The third kappa shape index (κ3) is 4.46. The first-order chi connectivity index (χ1) is 11.0.